The Hall–Kier alpha value is -0.270. The van der Waals surface area contributed by atoms with Gasteiger partial charge in [-0.25, -0.2) is 0 Å². The largest absolute Gasteiger partial charge is 0.459 e. The predicted octanol–water partition coefficient (Wildman–Crippen LogP) is 3.35. The SMILES string of the molecule is O=C(F)C(F)(OC(F)(F)C(F)(F)I)C(F)(F)F. The van der Waals surface area contributed by atoms with E-state index >= 15 is 0 Å². The third-order valence-corrected chi connectivity index (χ3v) is 1.84. The average molecular weight is 390 g/mol. The van der Waals surface area contributed by atoms with Crippen LogP contribution in [0.5, 0.6) is 0 Å². The number of carbonyl (C=O) groups excluding carboxylic acids is 1. The van der Waals surface area contributed by atoms with E-state index in [1.165, 1.54) is 0 Å². The summed E-state index contributed by atoms with van der Waals surface area (Å²) in [6, 6.07) is -4.02. The minimum atomic E-state index is -6.58. The van der Waals surface area contributed by atoms with Crippen LogP contribution in [0.3, 0.4) is 0 Å². The molecule has 0 saturated carbocycles. The number of carbonyl (C=O) groups is 1. The molecule has 0 spiro atoms. The summed E-state index contributed by atoms with van der Waals surface area (Å²) in [4.78, 5) is 9.65. The van der Waals surface area contributed by atoms with E-state index in [0.717, 1.165) is 0 Å². The lowest BCUT2D eigenvalue weighted by Crippen LogP contribution is -2.55. The van der Waals surface area contributed by atoms with Gasteiger partial charge in [-0.15, -0.1) is 0 Å². The Morgan fingerprint density at radius 1 is 0.941 bits per heavy atom. The molecule has 0 aliphatic carbocycles. The molecule has 0 aliphatic heterocycles. The molecule has 0 saturated heterocycles. The molecule has 0 rings (SSSR count). The molecule has 1 unspecified atom stereocenters. The van der Waals surface area contributed by atoms with Gasteiger partial charge in [-0.05, 0) is 0 Å². The summed E-state index contributed by atoms with van der Waals surface area (Å²) in [5.41, 5.74) is 0. The highest BCUT2D eigenvalue weighted by Crippen LogP contribution is 2.47. The van der Waals surface area contributed by atoms with E-state index in [-0.39, 0.29) is 22.6 Å². The fraction of sp³-hybridized carbons (Fsp3) is 0.800. The third kappa shape index (κ3) is 3.35. The zero-order valence-corrected chi connectivity index (χ0v) is 9.25. The van der Waals surface area contributed by atoms with Crippen molar-refractivity contribution >= 4 is 28.6 Å². The number of hydrogen-bond donors (Lipinski definition) is 0. The van der Waals surface area contributed by atoms with E-state index in [9.17, 15) is 44.3 Å². The second-order valence-electron chi connectivity index (χ2n) is 2.48. The molecule has 0 aromatic carbocycles. The highest BCUT2D eigenvalue weighted by atomic mass is 127. The molecule has 0 radical (unpaired) electrons. The minimum absolute atomic E-state index is 0.365. The van der Waals surface area contributed by atoms with Crippen LogP contribution < -0.4 is 0 Å². The van der Waals surface area contributed by atoms with Crippen LogP contribution in [-0.4, -0.2) is 28.1 Å². The standard InChI is InChI=1S/C5F9IO2/c6-1(16)2(7,3(8,9)10)17-5(13,14)4(11,12)15. The van der Waals surface area contributed by atoms with Crippen molar-refractivity contribution in [3.63, 3.8) is 0 Å². The van der Waals surface area contributed by atoms with Crippen molar-refractivity contribution in [2.75, 3.05) is 0 Å². The number of alkyl halides is 9. The fourth-order valence-electron chi connectivity index (χ4n) is 0.444. The van der Waals surface area contributed by atoms with Gasteiger partial charge < -0.3 is 0 Å². The maximum atomic E-state index is 12.6. The van der Waals surface area contributed by atoms with Crippen LogP contribution >= 0.6 is 22.6 Å². The van der Waals surface area contributed by atoms with Crippen LogP contribution in [0.15, 0.2) is 0 Å². The van der Waals surface area contributed by atoms with Crippen molar-refractivity contribution in [3.05, 3.63) is 0 Å². The van der Waals surface area contributed by atoms with Crippen molar-refractivity contribution < 1.29 is 49.0 Å². The van der Waals surface area contributed by atoms with Crippen LogP contribution in [0.4, 0.5) is 39.5 Å². The van der Waals surface area contributed by atoms with Crippen LogP contribution in [0.25, 0.3) is 0 Å². The lowest BCUT2D eigenvalue weighted by atomic mass is 10.3. The maximum absolute atomic E-state index is 12.6. The highest BCUT2D eigenvalue weighted by molar-refractivity contribution is 14.1. The molecule has 12 heteroatoms. The molecule has 0 N–H and O–H groups in total. The first kappa shape index (κ1) is 16.7. The Morgan fingerprint density at radius 3 is 1.47 bits per heavy atom. The van der Waals surface area contributed by atoms with E-state index in [0.29, 0.717) is 0 Å². The predicted molar refractivity (Wildman–Crippen MR) is 41.0 cm³/mol. The van der Waals surface area contributed by atoms with Crippen molar-refractivity contribution in [1.29, 1.82) is 0 Å². The monoisotopic (exact) mass is 390 g/mol. The topological polar surface area (TPSA) is 26.3 Å². The maximum Gasteiger partial charge on any atom is 0.459 e. The van der Waals surface area contributed by atoms with Gasteiger partial charge in [0.25, 0.3) is 0 Å². The van der Waals surface area contributed by atoms with Crippen molar-refractivity contribution in [3.8, 4) is 0 Å². The first-order chi connectivity index (χ1) is 7.15. The normalized spacial score (nSPS) is 17.8. The summed E-state index contributed by atoms with van der Waals surface area (Å²) < 4.78 is 105. The number of halogens is 10. The Balaban J connectivity index is 5.39. The molecule has 0 bridgehead atoms. The minimum Gasteiger partial charge on any atom is -0.261 e. The average Bonchev–Trinajstić information content (AvgIpc) is 1.98. The van der Waals surface area contributed by atoms with E-state index in [1.807, 2.05) is 4.74 Å². The summed E-state index contributed by atoms with van der Waals surface area (Å²) in [6.07, 6.45) is -12.6. The molecule has 0 amide bonds. The highest BCUT2D eigenvalue weighted by Gasteiger charge is 2.72. The zero-order chi connectivity index (χ0) is 14.3. The Kier molecular flexibility index (Phi) is 4.37. The van der Waals surface area contributed by atoms with E-state index in [1.54, 1.807) is 0 Å². The first-order valence-electron chi connectivity index (χ1n) is 3.25. The summed E-state index contributed by atoms with van der Waals surface area (Å²) in [5.74, 6) is -6.16. The van der Waals surface area contributed by atoms with Crippen LogP contribution in [0, 0.1) is 0 Å². The number of rotatable bonds is 4. The lowest BCUT2D eigenvalue weighted by molar-refractivity contribution is -0.420. The smallest absolute Gasteiger partial charge is 0.261 e. The molecule has 0 aromatic heterocycles. The molecule has 102 valence electrons. The van der Waals surface area contributed by atoms with Crippen molar-refractivity contribution in [2.24, 2.45) is 0 Å². The second kappa shape index (κ2) is 4.44. The third-order valence-electron chi connectivity index (χ3n) is 1.22. The molecule has 17 heavy (non-hydrogen) atoms. The number of ether oxygens (including phenoxy) is 1. The molecular formula is C5F9IO2. The summed E-state index contributed by atoms with van der Waals surface area (Å²) in [7, 11) is 0. The molecule has 2 nitrogen and oxygen atoms in total. The second-order valence-corrected chi connectivity index (χ2v) is 3.84. The Labute approximate surface area is 100 Å². The van der Waals surface area contributed by atoms with Crippen molar-refractivity contribution in [2.45, 2.75) is 22.1 Å². The summed E-state index contributed by atoms with van der Waals surface area (Å²) in [5, 5.41) is 0. The Morgan fingerprint density at radius 2 is 1.29 bits per heavy atom. The first-order valence-corrected chi connectivity index (χ1v) is 4.33. The summed E-state index contributed by atoms with van der Waals surface area (Å²) >= 11 is -0.365. The zero-order valence-electron chi connectivity index (χ0n) is 7.10. The van der Waals surface area contributed by atoms with Gasteiger partial charge in [0.15, 0.2) is 0 Å². The molecule has 0 aromatic rings. The van der Waals surface area contributed by atoms with Gasteiger partial charge in [-0.1, -0.05) is 0 Å². The van der Waals surface area contributed by atoms with Crippen molar-refractivity contribution in [1.82, 2.24) is 0 Å². The van der Waals surface area contributed by atoms with Gasteiger partial charge in [0.05, 0.1) is 0 Å². The van der Waals surface area contributed by atoms with Gasteiger partial charge >= 0.3 is 28.1 Å². The lowest BCUT2D eigenvalue weighted by Gasteiger charge is -2.29. The quantitative estimate of drug-likeness (QED) is 0.319. The van der Waals surface area contributed by atoms with E-state index in [2.05, 4.69) is 0 Å². The van der Waals surface area contributed by atoms with Gasteiger partial charge in [0, 0.05) is 22.6 Å². The number of hydrogen-bond acceptors (Lipinski definition) is 2. The van der Waals surface area contributed by atoms with Crippen LogP contribution in [0.1, 0.15) is 0 Å². The van der Waals surface area contributed by atoms with E-state index in [4.69, 9.17) is 0 Å². The summed E-state index contributed by atoms with van der Waals surface area (Å²) in [6.45, 7) is 0. The molecular weight excluding hydrogens is 390 g/mol. The molecule has 1 atom stereocenters. The molecule has 0 heterocycles. The van der Waals surface area contributed by atoms with Gasteiger partial charge in [0.1, 0.15) is 0 Å². The van der Waals surface area contributed by atoms with Gasteiger partial charge in [-0.2, -0.15) is 39.5 Å². The van der Waals surface area contributed by atoms with Gasteiger partial charge in [0.2, 0.25) is 0 Å². The fourth-order valence-corrected chi connectivity index (χ4v) is 0.554. The van der Waals surface area contributed by atoms with E-state index < -0.39 is 28.1 Å². The molecule has 0 aliphatic rings. The Bertz CT molecular complexity index is 307. The van der Waals surface area contributed by atoms with Crippen LogP contribution in [0.2, 0.25) is 0 Å². The van der Waals surface area contributed by atoms with Gasteiger partial charge in [-0.3, -0.25) is 9.53 Å². The molecule has 0 fully saturated rings. The van der Waals surface area contributed by atoms with Crippen LogP contribution in [-0.2, 0) is 9.53 Å².